The standard InChI is InChI=1S/C18H21N3O4/c1-20(11-6-12-25-17-9-3-2-4-10-17)18(22)19-14-15-7-5-8-16(13-15)21(23)24/h2-5,7-10,13H,6,11-12,14H2,1H3,(H,19,22). The van der Waals surface area contributed by atoms with E-state index in [4.69, 9.17) is 4.74 Å². The molecule has 0 fully saturated rings. The number of amides is 2. The summed E-state index contributed by atoms with van der Waals surface area (Å²) in [5.41, 5.74) is 0.696. The van der Waals surface area contributed by atoms with Gasteiger partial charge in [0, 0.05) is 32.3 Å². The summed E-state index contributed by atoms with van der Waals surface area (Å²) < 4.78 is 5.58. The number of nitrogens with zero attached hydrogens (tertiary/aromatic N) is 2. The van der Waals surface area contributed by atoms with E-state index in [0.29, 0.717) is 25.1 Å². The number of urea groups is 1. The fraction of sp³-hybridized carbons (Fsp3) is 0.278. The molecule has 2 aromatic carbocycles. The molecule has 0 aliphatic rings. The van der Waals surface area contributed by atoms with Crippen LogP contribution in [0.1, 0.15) is 12.0 Å². The number of rotatable bonds is 8. The molecule has 1 N–H and O–H groups in total. The summed E-state index contributed by atoms with van der Waals surface area (Å²) in [7, 11) is 1.70. The zero-order valence-electron chi connectivity index (χ0n) is 14.1. The number of nitro benzene ring substituents is 1. The lowest BCUT2D eigenvalue weighted by molar-refractivity contribution is -0.384. The Bertz CT molecular complexity index is 706. The van der Waals surface area contributed by atoms with Crippen molar-refractivity contribution < 1.29 is 14.5 Å². The highest BCUT2D eigenvalue weighted by Crippen LogP contribution is 2.13. The Hall–Kier alpha value is -3.09. The highest BCUT2D eigenvalue weighted by molar-refractivity contribution is 5.73. The summed E-state index contributed by atoms with van der Waals surface area (Å²) in [5, 5.41) is 13.5. The highest BCUT2D eigenvalue weighted by Gasteiger charge is 2.09. The zero-order chi connectivity index (χ0) is 18.1. The van der Waals surface area contributed by atoms with Crippen LogP contribution < -0.4 is 10.1 Å². The second-order valence-corrected chi connectivity index (χ2v) is 5.52. The van der Waals surface area contributed by atoms with Crippen molar-refractivity contribution in [2.45, 2.75) is 13.0 Å². The average Bonchev–Trinajstić information content (AvgIpc) is 2.64. The van der Waals surface area contributed by atoms with E-state index < -0.39 is 4.92 Å². The van der Waals surface area contributed by atoms with Gasteiger partial charge in [0.1, 0.15) is 5.75 Å². The molecule has 7 heteroatoms. The van der Waals surface area contributed by atoms with Crippen LogP contribution in [0.2, 0.25) is 0 Å². The van der Waals surface area contributed by atoms with E-state index in [0.717, 1.165) is 5.75 Å². The van der Waals surface area contributed by atoms with Crippen LogP contribution >= 0.6 is 0 Å². The van der Waals surface area contributed by atoms with Crippen molar-refractivity contribution in [2.75, 3.05) is 20.2 Å². The van der Waals surface area contributed by atoms with Crippen molar-refractivity contribution in [3.8, 4) is 5.75 Å². The van der Waals surface area contributed by atoms with Gasteiger partial charge >= 0.3 is 6.03 Å². The maximum Gasteiger partial charge on any atom is 0.317 e. The van der Waals surface area contributed by atoms with Crippen LogP contribution in [0, 0.1) is 10.1 Å². The zero-order valence-corrected chi connectivity index (χ0v) is 14.1. The van der Waals surface area contributed by atoms with Gasteiger partial charge in [0.2, 0.25) is 0 Å². The largest absolute Gasteiger partial charge is 0.494 e. The Morgan fingerprint density at radius 2 is 1.96 bits per heavy atom. The number of hydrogen-bond acceptors (Lipinski definition) is 4. The van der Waals surface area contributed by atoms with Gasteiger partial charge in [-0.1, -0.05) is 30.3 Å². The van der Waals surface area contributed by atoms with E-state index in [2.05, 4.69) is 5.32 Å². The molecule has 0 atom stereocenters. The minimum Gasteiger partial charge on any atom is -0.494 e. The highest BCUT2D eigenvalue weighted by atomic mass is 16.6. The first-order valence-corrected chi connectivity index (χ1v) is 7.96. The van der Waals surface area contributed by atoms with E-state index in [-0.39, 0.29) is 18.3 Å². The van der Waals surface area contributed by atoms with Crippen LogP contribution in [0.5, 0.6) is 5.75 Å². The van der Waals surface area contributed by atoms with Gasteiger partial charge in [-0.25, -0.2) is 4.79 Å². The minimum absolute atomic E-state index is 0.0122. The van der Waals surface area contributed by atoms with Crippen molar-refractivity contribution in [1.82, 2.24) is 10.2 Å². The van der Waals surface area contributed by atoms with Gasteiger partial charge in [-0.2, -0.15) is 0 Å². The van der Waals surface area contributed by atoms with Crippen LogP contribution in [0.4, 0.5) is 10.5 Å². The average molecular weight is 343 g/mol. The van der Waals surface area contributed by atoms with Crippen molar-refractivity contribution >= 4 is 11.7 Å². The summed E-state index contributed by atoms with van der Waals surface area (Å²) >= 11 is 0. The third-order valence-corrected chi connectivity index (χ3v) is 3.56. The second kappa shape index (κ2) is 9.27. The SMILES string of the molecule is CN(CCCOc1ccccc1)C(=O)NCc1cccc([N+](=O)[O-])c1. The van der Waals surface area contributed by atoms with Crippen LogP contribution in [-0.4, -0.2) is 36.1 Å². The van der Waals surface area contributed by atoms with Gasteiger partial charge in [0.05, 0.1) is 11.5 Å². The Morgan fingerprint density at radius 3 is 2.68 bits per heavy atom. The number of carbonyl (C=O) groups excluding carboxylic acids is 1. The molecule has 0 aliphatic heterocycles. The molecule has 0 aromatic heterocycles. The summed E-state index contributed by atoms with van der Waals surface area (Å²) in [4.78, 5) is 23.9. The van der Waals surface area contributed by atoms with Crippen LogP contribution in [0.3, 0.4) is 0 Å². The number of nitro groups is 1. The molecular weight excluding hydrogens is 322 g/mol. The number of ether oxygens (including phenoxy) is 1. The maximum absolute atomic E-state index is 12.0. The number of nitrogens with one attached hydrogen (secondary N) is 1. The minimum atomic E-state index is -0.454. The topological polar surface area (TPSA) is 84.7 Å². The smallest absolute Gasteiger partial charge is 0.317 e. The van der Waals surface area contributed by atoms with Gasteiger partial charge in [0.15, 0.2) is 0 Å². The molecule has 0 aliphatic carbocycles. The van der Waals surface area contributed by atoms with Crippen molar-refractivity contribution in [3.63, 3.8) is 0 Å². The molecule has 0 bridgehead atoms. The molecular formula is C18H21N3O4. The molecule has 2 amide bonds. The predicted molar refractivity (Wildman–Crippen MR) is 94.5 cm³/mol. The maximum atomic E-state index is 12.0. The van der Waals surface area contributed by atoms with Gasteiger partial charge in [-0.3, -0.25) is 10.1 Å². The van der Waals surface area contributed by atoms with Gasteiger partial charge in [-0.05, 0) is 24.1 Å². The second-order valence-electron chi connectivity index (χ2n) is 5.52. The first-order valence-electron chi connectivity index (χ1n) is 7.96. The third kappa shape index (κ3) is 6.14. The number of carbonyl (C=O) groups is 1. The molecule has 0 saturated heterocycles. The van der Waals surface area contributed by atoms with Crippen molar-refractivity contribution in [3.05, 3.63) is 70.3 Å². The molecule has 0 saturated carbocycles. The number of benzene rings is 2. The quantitative estimate of drug-likeness (QED) is 0.453. The number of para-hydroxylation sites is 1. The molecule has 132 valence electrons. The predicted octanol–water partition coefficient (Wildman–Crippen LogP) is 3.21. The molecule has 0 spiro atoms. The molecule has 0 heterocycles. The van der Waals surface area contributed by atoms with E-state index in [1.807, 2.05) is 30.3 Å². The lowest BCUT2D eigenvalue weighted by atomic mass is 10.2. The fourth-order valence-corrected chi connectivity index (χ4v) is 2.20. The summed E-state index contributed by atoms with van der Waals surface area (Å²) in [6.07, 6.45) is 0.704. The van der Waals surface area contributed by atoms with E-state index in [9.17, 15) is 14.9 Å². The number of non-ortho nitro benzene ring substituents is 1. The van der Waals surface area contributed by atoms with Gasteiger partial charge in [-0.15, -0.1) is 0 Å². The van der Waals surface area contributed by atoms with Crippen LogP contribution in [0.15, 0.2) is 54.6 Å². The van der Waals surface area contributed by atoms with Gasteiger partial charge < -0.3 is 15.0 Å². The Balaban J connectivity index is 1.69. The summed E-state index contributed by atoms with van der Waals surface area (Å²) in [6, 6.07) is 15.5. The fourth-order valence-electron chi connectivity index (χ4n) is 2.20. The summed E-state index contributed by atoms with van der Waals surface area (Å²) in [5.74, 6) is 0.806. The van der Waals surface area contributed by atoms with Crippen LogP contribution in [0.25, 0.3) is 0 Å². The Labute approximate surface area is 146 Å². The Morgan fingerprint density at radius 1 is 1.20 bits per heavy atom. The Kier molecular flexibility index (Phi) is 6.76. The first-order chi connectivity index (χ1) is 12.1. The molecule has 7 nitrogen and oxygen atoms in total. The monoisotopic (exact) mass is 343 g/mol. The molecule has 2 aromatic rings. The van der Waals surface area contributed by atoms with E-state index in [1.54, 1.807) is 24.1 Å². The first kappa shape index (κ1) is 18.3. The normalized spacial score (nSPS) is 10.1. The van der Waals surface area contributed by atoms with E-state index >= 15 is 0 Å². The lowest BCUT2D eigenvalue weighted by Crippen LogP contribution is -2.37. The molecule has 0 unspecified atom stereocenters. The molecule has 25 heavy (non-hydrogen) atoms. The lowest BCUT2D eigenvalue weighted by Gasteiger charge is -2.18. The third-order valence-electron chi connectivity index (χ3n) is 3.56. The number of hydrogen-bond donors (Lipinski definition) is 1. The van der Waals surface area contributed by atoms with Crippen molar-refractivity contribution in [1.29, 1.82) is 0 Å². The van der Waals surface area contributed by atoms with Crippen LogP contribution in [-0.2, 0) is 6.54 Å². The molecule has 2 rings (SSSR count). The van der Waals surface area contributed by atoms with E-state index in [1.165, 1.54) is 12.1 Å². The molecule has 0 radical (unpaired) electrons. The summed E-state index contributed by atoms with van der Waals surface area (Å²) in [6.45, 7) is 1.31. The van der Waals surface area contributed by atoms with Gasteiger partial charge in [0.25, 0.3) is 5.69 Å². The van der Waals surface area contributed by atoms with Crippen molar-refractivity contribution in [2.24, 2.45) is 0 Å².